The number of amides is 2. The lowest BCUT2D eigenvalue weighted by molar-refractivity contribution is -0.136. The molecule has 1 atom stereocenters. The number of hydrogen-bond acceptors (Lipinski definition) is 5. The van der Waals surface area contributed by atoms with Gasteiger partial charge in [-0.3, -0.25) is 9.59 Å². The van der Waals surface area contributed by atoms with Crippen molar-refractivity contribution in [3.63, 3.8) is 0 Å². The molecule has 1 aromatic rings. The molecule has 1 aliphatic heterocycles. The van der Waals surface area contributed by atoms with Crippen molar-refractivity contribution in [1.82, 2.24) is 15.2 Å². The summed E-state index contributed by atoms with van der Waals surface area (Å²) in [5.41, 5.74) is 0.325. The van der Waals surface area contributed by atoms with E-state index >= 15 is 0 Å². The second-order valence-corrected chi connectivity index (χ2v) is 4.92. The van der Waals surface area contributed by atoms with E-state index in [4.69, 9.17) is 9.47 Å². The van der Waals surface area contributed by atoms with E-state index in [2.05, 4.69) is 10.3 Å². The minimum Gasteiger partial charge on any atom is -0.477 e. The minimum absolute atomic E-state index is 0.112. The van der Waals surface area contributed by atoms with Crippen molar-refractivity contribution in [3.8, 4) is 5.88 Å². The largest absolute Gasteiger partial charge is 0.477 e. The van der Waals surface area contributed by atoms with Crippen LogP contribution in [0.5, 0.6) is 5.88 Å². The first-order chi connectivity index (χ1) is 10.6. The van der Waals surface area contributed by atoms with Crippen LogP contribution in [0, 0.1) is 0 Å². The van der Waals surface area contributed by atoms with Gasteiger partial charge in [-0.1, -0.05) is 0 Å². The summed E-state index contributed by atoms with van der Waals surface area (Å²) < 4.78 is 10.5. The van der Waals surface area contributed by atoms with E-state index in [9.17, 15) is 9.59 Å². The van der Waals surface area contributed by atoms with Crippen molar-refractivity contribution in [3.05, 3.63) is 23.9 Å². The molecule has 1 fully saturated rings. The van der Waals surface area contributed by atoms with Crippen molar-refractivity contribution >= 4 is 11.8 Å². The Morgan fingerprint density at radius 2 is 2.18 bits per heavy atom. The number of pyridine rings is 1. The molecular formula is C15H21N3O4. The summed E-state index contributed by atoms with van der Waals surface area (Å²) >= 11 is 0. The van der Waals surface area contributed by atoms with E-state index in [1.807, 2.05) is 6.92 Å². The molecule has 7 nitrogen and oxygen atoms in total. The maximum Gasteiger partial charge on any atom is 0.257 e. The van der Waals surface area contributed by atoms with Gasteiger partial charge < -0.3 is 19.7 Å². The second kappa shape index (κ2) is 7.74. The van der Waals surface area contributed by atoms with Gasteiger partial charge in [-0.2, -0.15) is 0 Å². The highest BCUT2D eigenvalue weighted by Crippen LogP contribution is 2.14. The molecule has 0 aliphatic carbocycles. The molecule has 0 spiro atoms. The van der Waals surface area contributed by atoms with Gasteiger partial charge in [0, 0.05) is 19.3 Å². The van der Waals surface area contributed by atoms with Gasteiger partial charge in [-0.15, -0.1) is 0 Å². The number of hydrogen-bond donors (Lipinski definition) is 1. The lowest BCUT2D eigenvalue weighted by atomic mass is 10.2. The van der Waals surface area contributed by atoms with Crippen molar-refractivity contribution in [2.75, 3.05) is 32.9 Å². The van der Waals surface area contributed by atoms with Gasteiger partial charge in [0.25, 0.3) is 5.91 Å². The van der Waals surface area contributed by atoms with Crippen LogP contribution in [0.3, 0.4) is 0 Å². The monoisotopic (exact) mass is 307 g/mol. The fraction of sp³-hybridized carbons (Fsp3) is 0.533. The first-order valence-corrected chi connectivity index (χ1v) is 7.38. The topological polar surface area (TPSA) is 80.8 Å². The Morgan fingerprint density at radius 1 is 1.45 bits per heavy atom. The third-order valence-electron chi connectivity index (χ3n) is 3.34. The van der Waals surface area contributed by atoms with Crippen LogP contribution in [0.25, 0.3) is 0 Å². The first-order valence-electron chi connectivity index (χ1n) is 7.38. The predicted octanol–water partition coefficient (Wildman–Crippen LogP) is 0.457. The zero-order valence-corrected chi connectivity index (χ0v) is 12.9. The number of morpholine rings is 1. The third kappa shape index (κ3) is 3.94. The average molecular weight is 307 g/mol. The number of nitrogens with one attached hydrogen (secondary N) is 1. The molecule has 120 valence electrons. The van der Waals surface area contributed by atoms with Crippen LogP contribution in [0.2, 0.25) is 0 Å². The van der Waals surface area contributed by atoms with Gasteiger partial charge in [-0.25, -0.2) is 4.98 Å². The lowest BCUT2D eigenvalue weighted by Gasteiger charge is -2.29. The van der Waals surface area contributed by atoms with E-state index < -0.39 is 6.04 Å². The second-order valence-electron chi connectivity index (χ2n) is 4.92. The highest BCUT2D eigenvalue weighted by Gasteiger charge is 2.25. The van der Waals surface area contributed by atoms with E-state index in [-0.39, 0.29) is 17.7 Å². The lowest BCUT2D eigenvalue weighted by Crippen LogP contribution is -2.50. The number of carbonyl (C=O) groups excluding carboxylic acids is 2. The van der Waals surface area contributed by atoms with E-state index in [0.717, 1.165) is 0 Å². The quantitative estimate of drug-likeness (QED) is 0.854. The molecule has 22 heavy (non-hydrogen) atoms. The van der Waals surface area contributed by atoms with Crippen LogP contribution in [-0.4, -0.2) is 60.7 Å². The SMILES string of the molecule is CCOc1ncccc1C(=O)NC(C)C(=O)N1CCOCC1. The molecule has 0 radical (unpaired) electrons. The van der Waals surface area contributed by atoms with Crippen molar-refractivity contribution in [2.45, 2.75) is 19.9 Å². The maximum atomic E-state index is 12.3. The molecule has 0 aromatic carbocycles. The normalized spacial score (nSPS) is 16.0. The van der Waals surface area contributed by atoms with Gasteiger partial charge in [-0.05, 0) is 26.0 Å². The summed E-state index contributed by atoms with van der Waals surface area (Å²) in [6, 6.07) is 2.67. The zero-order valence-electron chi connectivity index (χ0n) is 12.9. The van der Waals surface area contributed by atoms with Crippen LogP contribution >= 0.6 is 0 Å². The van der Waals surface area contributed by atoms with Gasteiger partial charge in [0.2, 0.25) is 11.8 Å². The Bertz CT molecular complexity index is 529. The number of nitrogens with zero attached hydrogens (tertiary/aromatic N) is 2. The fourth-order valence-electron chi connectivity index (χ4n) is 2.21. The summed E-state index contributed by atoms with van der Waals surface area (Å²) in [6.07, 6.45) is 1.56. The minimum atomic E-state index is -0.611. The molecule has 7 heteroatoms. The Hall–Kier alpha value is -2.15. The summed E-state index contributed by atoms with van der Waals surface area (Å²) in [5, 5.41) is 2.70. The number of aromatic nitrogens is 1. The zero-order chi connectivity index (χ0) is 15.9. The number of rotatable bonds is 5. The molecule has 2 heterocycles. The van der Waals surface area contributed by atoms with Gasteiger partial charge in [0.05, 0.1) is 19.8 Å². The molecule has 0 saturated carbocycles. The molecular weight excluding hydrogens is 286 g/mol. The Kier molecular flexibility index (Phi) is 5.71. The standard InChI is InChI=1S/C15H21N3O4/c1-3-22-14-12(5-4-6-16-14)13(19)17-11(2)15(20)18-7-9-21-10-8-18/h4-6,11H,3,7-10H2,1-2H3,(H,17,19). The van der Waals surface area contributed by atoms with E-state index in [0.29, 0.717) is 38.5 Å². The van der Waals surface area contributed by atoms with Crippen LogP contribution in [-0.2, 0) is 9.53 Å². The van der Waals surface area contributed by atoms with Crippen LogP contribution < -0.4 is 10.1 Å². The predicted molar refractivity (Wildman–Crippen MR) is 79.7 cm³/mol. The van der Waals surface area contributed by atoms with Gasteiger partial charge in [0.15, 0.2) is 0 Å². The summed E-state index contributed by atoms with van der Waals surface area (Å²) in [6.45, 7) is 6.08. The smallest absolute Gasteiger partial charge is 0.257 e. The Morgan fingerprint density at radius 3 is 2.86 bits per heavy atom. The van der Waals surface area contributed by atoms with Crippen molar-refractivity contribution in [1.29, 1.82) is 0 Å². The molecule has 1 saturated heterocycles. The van der Waals surface area contributed by atoms with Gasteiger partial charge >= 0.3 is 0 Å². The summed E-state index contributed by atoms with van der Waals surface area (Å²) in [7, 11) is 0. The average Bonchev–Trinajstić information content (AvgIpc) is 2.55. The third-order valence-corrected chi connectivity index (χ3v) is 3.34. The molecule has 1 aromatic heterocycles. The molecule has 2 rings (SSSR count). The van der Waals surface area contributed by atoms with Crippen molar-refractivity contribution < 1.29 is 19.1 Å². The van der Waals surface area contributed by atoms with Gasteiger partial charge in [0.1, 0.15) is 11.6 Å². The maximum absolute atomic E-state index is 12.3. The molecule has 1 aliphatic rings. The number of carbonyl (C=O) groups is 2. The summed E-state index contributed by atoms with van der Waals surface area (Å²) in [4.78, 5) is 30.3. The molecule has 0 bridgehead atoms. The molecule has 1 unspecified atom stereocenters. The fourth-order valence-corrected chi connectivity index (χ4v) is 2.21. The molecule has 2 amide bonds. The van der Waals surface area contributed by atoms with E-state index in [1.54, 1.807) is 30.2 Å². The Balaban J connectivity index is 2.00. The van der Waals surface area contributed by atoms with Crippen LogP contribution in [0.15, 0.2) is 18.3 Å². The molecule has 1 N–H and O–H groups in total. The highest BCUT2D eigenvalue weighted by atomic mass is 16.5. The van der Waals surface area contributed by atoms with Crippen molar-refractivity contribution in [2.24, 2.45) is 0 Å². The number of ether oxygens (including phenoxy) is 2. The highest BCUT2D eigenvalue weighted by molar-refractivity contribution is 5.99. The first kappa shape index (κ1) is 16.2. The van der Waals surface area contributed by atoms with Crippen LogP contribution in [0.1, 0.15) is 24.2 Å². The van der Waals surface area contributed by atoms with E-state index in [1.165, 1.54) is 0 Å². The van der Waals surface area contributed by atoms with Crippen LogP contribution in [0.4, 0.5) is 0 Å². The summed E-state index contributed by atoms with van der Waals surface area (Å²) in [5.74, 6) is -0.210. The Labute approximate surface area is 129 Å².